The molecule has 1 atom stereocenters. The van der Waals surface area contributed by atoms with Gasteiger partial charge in [0.25, 0.3) is 0 Å². The number of likely N-dealkylation sites (tertiary alicyclic amines) is 1. The van der Waals surface area contributed by atoms with Crippen molar-refractivity contribution in [3.05, 3.63) is 47.0 Å². The van der Waals surface area contributed by atoms with E-state index in [-0.39, 0.29) is 0 Å². The van der Waals surface area contributed by atoms with E-state index in [0.29, 0.717) is 6.04 Å². The summed E-state index contributed by atoms with van der Waals surface area (Å²) in [5, 5.41) is 0. The molecule has 0 amide bonds. The van der Waals surface area contributed by atoms with Gasteiger partial charge in [-0.25, -0.2) is 9.97 Å². The Morgan fingerprint density at radius 2 is 1.86 bits per heavy atom. The number of hydrogen-bond acceptors (Lipinski definition) is 6. The Bertz CT molecular complexity index is 804. The molecule has 0 N–H and O–H groups in total. The lowest BCUT2D eigenvalue weighted by molar-refractivity contribution is 0.178. The minimum Gasteiger partial charge on any atom is -0.497 e. The maximum absolute atomic E-state index is 5.40. The zero-order valence-corrected chi connectivity index (χ0v) is 17.1. The van der Waals surface area contributed by atoms with Crippen LogP contribution in [-0.2, 0) is 19.5 Å². The summed E-state index contributed by atoms with van der Waals surface area (Å²) in [6, 6.07) is 6.45. The van der Waals surface area contributed by atoms with Crippen molar-refractivity contribution in [2.75, 3.05) is 34.4 Å². The number of piperidine rings is 1. The van der Waals surface area contributed by atoms with Gasteiger partial charge in [0, 0.05) is 49.6 Å². The highest BCUT2D eigenvalue weighted by molar-refractivity contribution is 5.38. The number of aromatic nitrogens is 2. The Morgan fingerprint density at radius 1 is 1.07 bits per heavy atom. The van der Waals surface area contributed by atoms with E-state index >= 15 is 0 Å². The predicted molar refractivity (Wildman–Crippen MR) is 109 cm³/mol. The molecule has 1 unspecified atom stereocenters. The highest BCUT2D eigenvalue weighted by Crippen LogP contribution is 2.29. The molecule has 28 heavy (non-hydrogen) atoms. The Balaban J connectivity index is 1.47. The van der Waals surface area contributed by atoms with Crippen LogP contribution >= 0.6 is 0 Å². The summed E-state index contributed by atoms with van der Waals surface area (Å²) in [4.78, 5) is 14.5. The molecule has 6 heteroatoms. The average Bonchev–Trinajstić information content (AvgIpc) is 2.73. The van der Waals surface area contributed by atoms with E-state index in [9.17, 15) is 0 Å². The summed E-state index contributed by atoms with van der Waals surface area (Å²) in [6.45, 7) is 3.89. The van der Waals surface area contributed by atoms with Crippen LogP contribution in [0.1, 0.15) is 47.9 Å². The lowest BCUT2D eigenvalue weighted by Crippen LogP contribution is -2.33. The first-order chi connectivity index (χ1) is 13.7. The Morgan fingerprint density at radius 3 is 2.57 bits per heavy atom. The third kappa shape index (κ3) is 4.13. The molecule has 0 saturated carbocycles. The summed E-state index contributed by atoms with van der Waals surface area (Å²) >= 11 is 0. The molecule has 150 valence electrons. The molecule has 1 aromatic carbocycles. The normalized spacial score (nSPS) is 20.6. The zero-order valence-electron chi connectivity index (χ0n) is 17.1. The van der Waals surface area contributed by atoms with Gasteiger partial charge in [-0.15, -0.1) is 0 Å². The highest BCUT2D eigenvalue weighted by Gasteiger charge is 2.25. The van der Waals surface area contributed by atoms with Gasteiger partial charge in [-0.3, -0.25) is 9.80 Å². The Labute approximate surface area is 167 Å². The maximum atomic E-state index is 5.40. The zero-order chi connectivity index (χ0) is 19.5. The second-order valence-electron chi connectivity index (χ2n) is 7.87. The van der Waals surface area contributed by atoms with Crippen molar-refractivity contribution in [1.29, 1.82) is 0 Å². The Hall–Kier alpha value is -2.18. The van der Waals surface area contributed by atoms with Crippen molar-refractivity contribution in [2.24, 2.45) is 0 Å². The number of fused-ring (bicyclic) bond motifs is 1. The van der Waals surface area contributed by atoms with E-state index in [1.807, 2.05) is 6.07 Å². The molecule has 4 rings (SSSR count). The highest BCUT2D eigenvalue weighted by atomic mass is 16.5. The third-order valence-corrected chi connectivity index (χ3v) is 5.92. The first-order valence-corrected chi connectivity index (χ1v) is 10.2. The van der Waals surface area contributed by atoms with Crippen LogP contribution in [0.2, 0.25) is 0 Å². The number of methoxy groups -OCH3 is 2. The summed E-state index contributed by atoms with van der Waals surface area (Å²) in [6.07, 6.45) is 6.75. The van der Waals surface area contributed by atoms with E-state index in [0.717, 1.165) is 49.9 Å². The van der Waals surface area contributed by atoms with Crippen LogP contribution in [0.25, 0.3) is 0 Å². The molecule has 1 saturated heterocycles. The van der Waals surface area contributed by atoms with Gasteiger partial charge in [-0.05, 0) is 44.1 Å². The molecule has 3 heterocycles. The molecule has 6 nitrogen and oxygen atoms in total. The minimum absolute atomic E-state index is 0.376. The lowest BCUT2D eigenvalue weighted by atomic mass is 10.0. The van der Waals surface area contributed by atoms with Crippen LogP contribution in [0, 0.1) is 0 Å². The largest absolute Gasteiger partial charge is 0.497 e. The number of rotatable bonds is 5. The predicted octanol–water partition coefficient (Wildman–Crippen LogP) is 3.21. The monoisotopic (exact) mass is 382 g/mol. The van der Waals surface area contributed by atoms with Crippen molar-refractivity contribution in [1.82, 2.24) is 19.8 Å². The molecule has 0 bridgehead atoms. The van der Waals surface area contributed by atoms with Crippen LogP contribution in [0.3, 0.4) is 0 Å². The molecular weight excluding hydrogens is 352 g/mol. The number of hydrogen-bond donors (Lipinski definition) is 0. The molecule has 2 aliphatic heterocycles. The molecule has 0 spiro atoms. The molecule has 1 aromatic heterocycles. The van der Waals surface area contributed by atoms with E-state index in [1.165, 1.54) is 36.1 Å². The van der Waals surface area contributed by atoms with E-state index in [4.69, 9.17) is 19.4 Å². The van der Waals surface area contributed by atoms with Crippen LogP contribution in [0.4, 0.5) is 0 Å². The molecule has 2 aliphatic rings. The maximum Gasteiger partial charge on any atom is 0.145 e. The molecule has 1 fully saturated rings. The van der Waals surface area contributed by atoms with Crippen LogP contribution in [0.15, 0.2) is 24.4 Å². The van der Waals surface area contributed by atoms with Gasteiger partial charge < -0.3 is 9.47 Å². The van der Waals surface area contributed by atoms with Gasteiger partial charge >= 0.3 is 0 Å². The molecular formula is C22H30N4O2. The first-order valence-electron chi connectivity index (χ1n) is 10.2. The minimum atomic E-state index is 0.376. The van der Waals surface area contributed by atoms with Gasteiger partial charge in [-0.1, -0.05) is 6.42 Å². The smallest absolute Gasteiger partial charge is 0.145 e. The van der Waals surface area contributed by atoms with Crippen molar-refractivity contribution >= 4 is 0 Å². The third-order valence-electron chi connectivity index (χ3n) is 5.92. The molecule has 2 aromatic rings. The number of benzene rings is 1. The number of ether oxygens (including phenoxy) is 2. The van der Waals surface area contributed by atoms with Gasteiger partial charge in [0.2, 0.25) is 0 Å². The first kappa shape index (κ1) is 19.2. The lowest BCUT2D eigenvalue weighted by Gasteiger charge is -2.33. The van der Waals surface area contributed by atoms with Crippen molar-refractivity contribution in [3.63, 3.8) is 0 Å². The fourth-order valence-electron chi connectivity index (χ4n) is 4.30. The molecule has 0 radical (unpaired) electrons. The van der Waals surface area contributed by atoms with Crippen LogP contribution in [-0.4, -0.2) is 54.1 Å². The average molecular weight is 383 g/mol. The summed E-state index contributed by atoms with van der Waals surface area (Å²) in [7, 11) is 5.57. The van der Waals surface area contributed by atoms with Crippen molar-refractivity contribution < 1.29 is 9.47 Å². The van der Waals surface area contributed by atoms with Crippen molar-refractivity contribution in [3.8, 4) is 11.5 Å². The summed E-state index contributed by atoms with van der Waals surface area (Å²) in [5.74, 6) is 2.67. The van der Waals surface area contributed by atoms with Gasteiger partial charge in [0.1, 0.15) is 17.3 Å². The topological polar surface area (TPSA) is 50.7 Å². The fourth-order valence-corrected chi connectivity index (χ4v) is 4.30. The van der Waals surface area contributed by atoms with Gasteiger partial charge in [0.15, 0.2) is 0 Å². The van der Waals surface area contributed by atoms with Gasteiger partial charge in [-0.2, -0.15) is 0 Å². The van der Waals surface area contributed by atoms with Crippen LogP contribution < -0.4 is 9.47 Å². The second-order valence-corrected chi connectivity index (χ2v) is 7.87. The summed E-state index contributed by atoms with van der Waals surface area (Å²) in [5.41, 5.74) is 3.67. The van der Waals surface area contributed by atoms with E-state index in [1.54, 1.807) is 14.2 Å². The quantitative estimate of drug-likeness (QED) is 0.792. The standard InChI is InChI=1S/C22H30N4O2/c1-25-8-5-4-6-21(25)22-23-13-17-15-26(9-7-20(17)24-22)14-16-10-18(27-2)12-19(11-16)28-3/h10-13,21H,4-9,14-15H2,1-3H3. The van der Waals surface area contributed by atoms with Gasteiger partial charge in [0.05, 0.1) is 20.3 Å². The second kappa shape index (κ2) is 8.45. The van der Waals surface area contributed by atoms with Crippen LogP contribution in [0.5, 0.6) is 11.5 Å². The SMILES string of the molecule is COc1cc(CN2CCc3nc(C4CCCCN4C)ncc3C2)cc(OC)c1. The molecule has 0 aliphatic carbocycles. The van der Waals surface area contributed by atoms with E-state index < -0.39 is 0 Å². The fraction of sp³-hybridized carbons (Fsp3) is 0.545. The van der Waals surface area contributed by atoms with E-state index in [2.05, 4.69) is 35.2 Å². The van der Waals surface area contributed by atoms with Crippen molar-refractivity contribution in [2.45, 2.75) is 44.8 Å². The Kier molecular flexibility index (Phi) is 5.78. The number of nitrogens with zero attached hydrogens (tertiary/aromatic N) is 4. The summed E-state index contributed by atoms with van der Waals surface area (Å²) < 4.78 is 10.8.